The smallest absolute Gasteiger partial charge is 0.306 e. The monoisotopic (exact) mass is 907 g/mol. The number of hydrogen-bond donors (Lipinski definition) is 0. The predicted molar refractivity (Wildman–Crippen MR) is 283 cm³/mol. The summed E-state index contributed by atoms with van der Waals surface area (Å²) in [5.74, 6) is -1.03. The first-order chi connectivity index (χ1) is 32.5. The van der Waals surface area contributed by atoms with Gasteiger partial charge >= 0.3 is 17.9 Å². The standard InChI is InChI=1S/C60H90O6/c1-4-7-10-13-16-19-22-25-27-29-30-32-33-35-38-41-44-47-50-53-59(62)65-56-57(55-64-58(61)52-49-46-43-40-37-24-21-18-15-12-9-6-3)66-60(63)54-51-48-45-42-39-36-34-31-28-26-23-20-17-14-11-8-5-2/h7-12,14,16-21,23,25-28,30-32,34-36,38-39,57H,4-6,13,15,22,24,29,33,37,40-56H2,1-3H3/b10-7-,11-8-,12-9-,17-14-,19-16-,21-18-,23-20-,27-25-,28-26-,32-30-,34-31+,38-35-,39-36-. The summed E-state index contributed by atoms with van der Waals surface area (Å²) in [6, 6.07) is 0. The largest absolute Gasteiger partial charge is 0.462 e. The van der Waals surface area contributed by atoms with Crippen LogP contribution in [0.2, 0.25) is 0 Å². The van der Waals surface area contributed by atoms with Gasteiger partial charge in [0.25, 0.3) is 0 Å². The van der Waals surface area contributed by atoms with Crippen LogP contribution >= 0.6 is 0 Å². The second-order valence-corrected chi connectivity index (χ2v) is 16.1. The van der Waals surface area contributed by atoms with E-state index >= 15 is 0 Å². The summed E-state index contributed by atoms with van der Waals surface area (Å²) in [7, 11) is 0. The lowest BCUT2D eigenvalue weighted by Gasteiger charge is -2.18. The van der Waals surface area contributed by atoms with Gasteiger partial charge in [0, 0.05) is 19.3 Å². The molecule has 366 valence electrons. The molecule has 0 aliphatic carbocycles. The van der Waals surface area contributed by atoms with Crippen LogP contribution in [0.4, 0.5) is 0 Å². The van der Waals surface area contributed by atoms with Gasteiger partial charge in [-0.2, -0.15) is 0 Å². The summed E-state index contributed by atoms with van der Waals surface area (Å²) >= 11 is 0. The maximum atomic E-state index is 12.8. The van der Waals surface area contributed by atoms with E-state index in [1.54, 1.807) is 0 Å². The zero-order valence-electron chi connectivity index (χ0n) is 41.6. The molecule has 0 N–H and O–H groups in total. The normalized spacial score (nSPS) is 13.4. The van der Waals surface area contributed by atoms with Crippen LogP contribution in [-0.2, 0) is 28.6 Å². The highest BCUT2D eigenvalue weighted by atomic mass is 16.6. The Kier molecular flexibility index (Phi) is 48.7. The molecule has 0 aromatic heterocycles. The minimum Gasteiger partial charge on any atom is -0.462 e. The first-order valence-corrected chi connectivity index (χ1v) is 25.6. The lowest BCUT2D eigenvalue weighted by Crippen LogP contribution is -2.30. The average molecular weight is 907 g/mol. The van der Waals surface area contributed by atoms with Gasteiger partial charge < -0.3 is 14.2 Å². The molecule has 0 aromatic rings. The quantitative estimate of drug-likeness (QED) is 0.0199. The highest BCUT2D eigenvalue weighted by Crippen LogP contribution is 2.12. The molecule has 0 aliphatic rings. The minimum absolute atomic E-state index is 0.123. The van der Waals surface area contributed by atoms with Crippen LogP contribution in [-0.4, -0.2) is 37.2 Å². The Morgan fingerprint density at radius 3 is 1.05 bits per heavy atom. The van der Waals surface area contributed by atoms with Crippen LogP contribution in [0.5, 0.6) is 0 Å². The molecule has 1 atom stereocenters. The minimum atomic E-state index is -0.829. The summed E-state index contributed by atoms with van der Waals surface area (Å²) in [5, 5.41) is 0. The first kappa shape index (κ1) is 61.0. The molecule has 66 heavy (non-hydrogen) atoms. The molecule has 0 heterocycles. The molecule has 1 unspecified atom stereocenters. The Morgan fingerprint density at radius 2 is 0.621 bits per heavy atom. The molecule has 0 saturated carbocycles. The van der Waals surface area contributed by atoms with E-state index < -0.39 is 6.10 Å². The number of carbonyl (C=O) groups excluding carboxylic acids is 3. The van der Waals surface area contributed by atoms with Gasteiger partial charge in [-0.05, 0) is 109 Å². The lowest BCUT2D eigenvalue weighted by molar-refractivity contribution is -0.167. The summed E-state index contributed by atoms with van der Waals surface area (Å²) in [6.45, 7) is 6.16. The topological polar surface area (TPSA) is 78.9 Å². The average Bonchev–Trinajstić information content (AvgIpc) is 3.31. The summed E-state index contributed by atoms with van der Waals surface area (Å²) in [6.07, 6.45) is 76.5. The molecule has 0 aromatic carbocycles. The van der Waals surface area contributed by atoms with E-state index in [1.807, 2.05) is 60.8 Å². The second-order valence-electron chi connectivity index (χ2n) is 16.1. The fourth-order valence-electron chi connectivity index (χ4n) is 6.18. The van der Waals surface area contributed by atoms with E-state index in [0.29, 0.717) is 19.3 Å². The maximum absolute atomic E-state index is 12.8. The molecule has 0 saturated heterocycles. The maximum Gasteiger partial charge on any atom is 0.306 e. The van der Waals surface area contributed by atoms with Crippen molar-refractivity contribution in [2.75, 3.05) is 13.2 Å². The number of allylic oxidation sites excluding steroid dienone is 26. The highest BCUT2D eigenvalue weighted by Gasteiger charge is 2.19. The molecule has 0 bridgehead atoms. The molecular formula is C60H90O6. The first-order valence-electron chi connectivity index (χ1n) is 25.6. The zero-order chi connectivity index (χ0) is 47.9. The van der Waals surface area contributed by atoms with Crippen LogP contribution < -0.4 is 0 Å². The summed E-state index contributed by atoms with van der Waals surface area (Å²) < 4.78 is 16.7. The van der Waals surface area contributed by atoms with Crippen LogP contribution in [0, 0.1) is 0 Å². The van der Waals surface area contributed by atoms with Crippen molar-refractivity contribution in [3.63, 3.8) is 0 Å². The number of unbranched alkanes of at least 4 members (excludes halogenated alkanes) is 11. The Bertz CT molecular complexity index is 1560. The van der Waals surface area contributed by atoms with Crippen molar-refractivity contribution >= 4 is 17.9 Å². The Hall–Kier alpha value is -4.97. The number of hydrogen-bond acceptors (Lipinski definition) is 6. The van der Waals surface area contributed by atoms with Crippen LogP contribution in [0.1, 0.15) is 181 Å². The van der Waals surface area contributed by atoms with E-state index in [9.17, 15) is 14.4 Å². The lowest BCUT2D eigenvalue weighted by atomic mass is 10.1. The molecule has 0 amide bonds. The molecule has 0 radical (unpaired) electrons. The molecule has 6 heteroatoms. The van der Waals surface area contributed by atoms with Gasteiger partial charge in [-0.15, -0.1) is 0 Å². The predicted octanol–water partition coefficient (Wildman–Crippen LogP) is 17.0. The fourth-order valence-corrected chi connectivity index (χ4v) is 6.18. The Morgan fingerprint density at radius 1 is 0.318 bits per heavy atom. The highest BCUT2D eigenvalue weighted by molar-refractivity contribution is 5.71. The summed E-state index contributed by atoms with van der Waals surface area (Å²) in [4.78, 5) is 38.0. The zero-order valence-corrected chi connectivity index (χ0v) is 41.6. The van der Waals surface area contributed by atoms with Crippen molar-refractivity contribution < 1.29 is 28.6 Å². The van der Waals surface area contributed by atoms with Gasteiger partial charge in [0.05, 0.1) is 0 Å². The number of ether oxygens (including phenoxy) is 3. The van der Waals surface area contributed by atoms with Crippen molar-refractivity contribution in [2.45, 2.75) is 187 Å². The van der Waals surface area contributed by atoms with Gasteiger partial charge in [-0.25, -0.2) is 0 Å². The van der Waals surface area contributed by atoms with Crippen molar-refractivity contribution in [1.29, 1.82) is 0 Å². The second kappa shape index (κ2) is 52.7. The number of rotatable bonds is 43. The van der Waals surface area contributed by atoms with Gasteiger partial charge in [0.15, 0.2) is 6.10 Å². The Labute approximate surface area is 403 Å². The van der Waals surface area contributed by atoms with Crippen molar-refractivity contribution in [2.24, 2.45) is 0 Å². The molecule has 0 fully saturated rings. The van der Waals surface area contributed by atoms with Gasteiger partial charge in [0.1, 0.15) is 13.2 Å². The van der Waals surface area contributed by atoms with Crippen molar-refractivity contribution in [3.05, 3.63) is 158 Å². The third-order valence-corrected chi connectivity index (χ3v) is 9.92. The summed E-state index contributed by atoms with van der Waals surface area (Å²) in [5.41, 5.74) is 0. The van der Waals surface area contributed by atoms with Gasteiger partial charge in [-0.3, -0.25) is 14.4 Å². The molecular weight excluding hydrogens is 817 g/mol. The molecule has 0 spiro atoms. The van der Waals surface area contributed by atoms with Crippen LogP contribution in [0.3, 0.4) is 0 Å². The Balaban J connectivity index is 4.59. The van der Waals surface area contributed by atoms with E-state index in [1.165, 1.54) is 0 Å². The van der Waals surface area contributed by atoms with E-state index in [4.69, 9.17) is 14.2 Å². The molecule has 6 nitrogen and oxygen atoms in total. The SMILES string of the molecule is CC\C=C/C=C\C=C/C=C\C=C\C=C/CCCCCC(=O)OC(COC(=O)CCCCC/C=C\C/C=C\C/C=C\C/C=C\C/C=C\CC)COC(=O)CCCCCCC/C=C\C/C=C\CC. The third kappa shape index (κ3) is 50.0. The third-order valence-electron chi connectivity index (χ3n) is 9.92. The van der Waals surface area contributed by atoms with E-state index in [-0.39, 0.29) is 37.5 Å². The molecule has 0 rings (SSSR count). The van der Waals surface area contributed by atoms with Crippen molar-refractivity contribution in [3.8, 4) is 0 Å². The van der Waals surface area contributed by atoms with E-state index in [2.05, 4.69) is 118 Å². The van der Waals surface area contributed by atoms with Crippen molar-refractivity contribution in [1.82, 2.24) is 0 Å². The van der Waals surface area contributed by atoms with Gasteiger partial charge in [-0.1, -0.05) is 211 Å². The molecule has 0 aliphatic heterocycles. The van der Waals surface area contributed by atoms with Crippen LogP contribution in [0.25, 0.3) is 0 Å². The van der Waals surface area contributed by atoms with Gasteiger partial charge in [0.2, 0.25) is 0 Å². The van der Waals surface area contributed by atoms with Crippen LogP contribution in [0.15, 0.2) is 158 Å². The number of esters is 3. The number of carbonyl (C=O) groups is 3. The van der Waals surface area contributed by atoms with E-state index in [0.717, 1.165) is 135 Å². The fraction of sp³-hybridized carbons (Fsp3) is 0.517.